The van der Waals surface area contributed by atoms with Crippen LogP contribution in [0.3, 0.4) is 0 Å². The summed E-state index contributed by atoms with van der Waals surface area (Å²) in [6.07, 6.45) is 3.44. The molecule has 0 aromatic carbocycles. The van der Waals surface area contributed by atoms with Crippen LogP contribution in [0.5, 0.6) is 0 Å². The van der Waals surface area contributed by atoms with E-state index in [0.717, 1.165) is 32.2 Å². The van der Waals surface area contributed by atoms with Gasteiger partial charge in [0, 0.05) is 0 Å². The van der Waals surface area contributed by atoms with Crippen molar-refractivity contribution in [3.05, 3.63) is 0 Å². The highest BCUT2D eigenvalue weighted by Gasteiger charge is 2.23. The van der Waals surface area contributed by atoms with Crippen LogP contribution in [0.1, 0.15) is 52.9 Å². The molecule has 0 aliphatic heterocycles. The summed E-state index contributed by atoms with van der Waals surface area (Å²) in [6, 6.07) is -0.156. The van der Waals surface area contributed by atoms with Crippen LogP contribution in [0.2, 0.25) is 0 Å². The van der Waals surface area contributed by atoms with Gasteiger partial charge in [-0.3, -0.25) is 4.79 Å². The van der Waals surface area contributed by atoms with Gasteiger partial charge in [0.1, 0.15) is 6.10 Å². The van der Waals surface area contributed by atoms with E-state index in [0.29, 0.717) is 6.42 Å². The molecule has 0 saturated carbocycles. The molecule has 0 aliphatic carbocycles. The maximum atomic E-state index is 11.8. The van der Waals surface area contributed by atoms with E-state index in [9.17, 15) is 9.90 Å². The molecule has 3 heteroatoms. The summed E-state index contributed by atoms with van der Waals surface area (Å²) in [6.45, 7) is 6.95. The summed E-state index contributed by atoms with van der Waals surface area (Å²) >= 11 is 0. The van der Waals surface area contributed by atoms with Gasteiger partial charge in [0.05, 0.1) is 6.04 Å². The third-order valence-electron chi connectivity index (χ3n) is 2.45. The molecule has 0 aromatic rings. The highest BCUT2D eigenvalue weighted by molar-refractivity contribution is 5.87. The fraction of sp³-hybridized carbons (Fsp3) is 0.917. The number of carbonyl (C=O) groups is 1. The minimum atomic E-state index is -0.782. The Bertz CT molecular complexity index is 171. The predicted octanol–water partition coefficient (Wildman–Crippen LogP) is 1.88. The van der Waals surface area contributed by atoms with Crippen LogP contribution in [0.15, 0.2) is 0 Å². The molecule has 2 atom stereocenters. The van der Waals surface area contributed by atoms with E-state index in [-0.39, 0.29) is 11.8 Å². The number of aliphatic hydroxyl groups excluding tert-OH is 1. The second kappa shape index (κ2) is 8.86. The summed E-state index contributed by atoms with van der Waals surface area (Å²) in [5.74, 6) is -0.0350. The van der Waals surface area contributed by atoms with Gasteiger partial charge in [0.2, 0.25) is 0 Å². The standard InChI is InChI=1S/C12H25NO2/c1-4-7-10(13-9-6-3)12(15)11(14)8-5-2/h10-11,13-14H,4-9H2,1-3H3. The summed E-state index contributed by atoms with van der Waals surface area (Å²) in [5, 5.41) is 12.8. The lowest BCUT2D eigenvalue weighted by Crippen LogP contribution is -2.42. The van der Waals surface area contributed by atoms with Gasteiger partial charge in [-0.15, -0.1) is 0 Å². The molecular formula is C12H25NO2. The third-order valence-corrected chi connectivity index (χ3v) is 2.45. The van der Waals surface area contributed by atoms with Crippen molar-refractivity contribution < 1.29 is 9.90 Å². The lowest BCUT2D eigenvalue weighted by atomic mass is 10.00. The average molecular weight is 215 g/mol. The molecule has 0 saturated heterocycles. The number of nitrogens with one attached hydrogen (secondary N) is 1. The topological polar surface area (TPSA) is 49.3 Å². The Morgan fingerprint density at radius 2 is 1.73 bits per heavy atom. The quantitative estimate of drug-likeness (QED) is 0.617. The van der Waals surface area contributed by atoms with Gasteiger partial charge in [-0.1, -0.05) is 33.6 Å². The molecule has 0 aromatic heterocycles. The Kier molecular flexibility index (Phi) is 8.62. The number of hydrogen-bond donors (Lipinski definition) is 2. The molecule has 0 amide bonds. The van der Waals surface area contributed by atoms with E-state index in [1.165, 1.54) is 0 Å². The Balaban J connectivity index is 4.13. The second-order valence-corrected chi connectivity index (χ2v) is 4.00. The van der Waals surface area contributed by atoms with E-state index in [1.807, 2.05) is 6.92 Å². The summed E-state index contributed by atoms with van der Waals surface area (Å²) < 4.78 is 0. The van der Waals surface area contributed by atoms with E-state index >= 15 is 0 Å². The molecule has 0 rings (SSSR count). The van der Waals surface area contributed by atoms with Crippen molar-refractivity contribution in [2.75, 3.05) is 6.54 Å². The van der Waals surface area contributed by atoms with Crippen molar-refractivity contribution in [1.29, 1.82) is 0 Å². The molecule has 2 unspecified atom stereocenters. The first-order valence-electron chi connectivity index (χ1n) is 6.12. The summed E-state index contributed by atoms with van der Waals surface area (Å²) in [7, 11) is 0. The first-order chi connectivity index (χ1) is 7.17. The van der Waals surface area contributed by atoms with E-state index in [1.54, 1.807) is 0 Å². The number of ketones is 1. The monoisotopic (exact) mass is 215 g/mol. The van der Waals surface area contributed by atoms with E-state index in [2.05, 4.69) is 19.2 Å². The predicted molar refractivity (Wildman–Crippen MR) is 62.9 cm³/mol. The first kappa shape index (κ1) is 14.6. The second-order valence-electron chi connectivity index (χ2n) is 4.00. The Labute approximate surface area is 93.3 Å². The SMILES string of the molecule is CCCNC(CCC)C(=O)C(O)CCC. The molecule has 0 aliphatic rings. The van der Waals surface area contributed by atoms with Gasteiger partial charge in [0.25, 0.3) is 0 Å². The van der Waals surface area contributed by atoms with Crippen LogP contribution in [-0.4, -0.2) is 29.6 Å². The normalized spacial score (nSPS) is 14.9. The minimum Gasteiger partial charge on any atom is -0.385 e. The zero-order valence-corrected chi connectivity index (χ0v) is 10.3. The zero-order chi connectivity index (χ0) is 11.7. The van der Waals surface area contributed by atoms with Crippen molar-refractivity contribution >= 4 is 5.78 Å². The smallest absolute Gasteiger partial charge is 0.178 e. The molecule has 0 heterocycles. The summed E-state index contributed by atoms with van der Waals surface area (Å²) in [5.41, 5.74) is 0. The molecule has 0 bridgehead atoms. The largest absolute Gasteiger partial charge is 0.385 e. The van der Waals surface area contributed by atoms with Gasteiger partial charge >= 0.3 is 0 Å². The number of hydrogen-bond acceptors (Lipinski definition) is 3. The van der Waals surface area contributed by atoms with Gasteiger partial charge in [0.15, 0.2) is 5.78 Å². The van der Waals surface area contributed by atoms with Crippen LogP contribution < -0.4 is 5.32 Å². The van der Waals surface area contributed by atoms with Crippen molar-refractivity contribution in [2.45, 2.75) is 65.0 Å². The number of aliphatic hydroxyl groups is 1. The first-order valence-corrected chi connectivity index (χ1v) is 6.12. The maximum Gasteiger partial charge on any atom is 0.178 e. The fourth-order valence-electron chi connectivity index (χ4n) is 1.60. The number of rotatable bonds is 9. The van der Waals surface area contributed by atoms with Crippen LogP contribution in [0.25, 0.3) is 0 Å². The molecule has 3 nitrogen and oxygen atoms in total. The summed E-state index contributed by atoms with van der Waals surface area (Å²) in [4.78, 5) is 11.8. The Morgan fingerprint density at radius 1 is 1.13 bits per heavy atom. The minimum absolute atomic E-state index is 0.0350. The lowest BCUT2D eigenvalue weighted by Gasteiger charge is -2.19. The van der Waals surface area contributed by atoms with E-state index in [4.69, 9.17) is 0 Å². The molecule has 0 spiro atoms. The van der Waals surface area contributed by atoms with Crippen LogP contribution in [0.4, 0.5) is 0 Å². The van der Waals surface area contributed by atoms with Gasteiger partial charge in [-0.25, -0.2) is 0 Å². The highest BCUT2D eigenvalue weighted by Crippen LogP contribution is 2.06. The molecule has 90 valence electrons. The molecule has 0 fully saturated rings. The van der Waals surface area contributed by atoms with E-state index < -0.39 is 6.10 Å². The Morgan fingerprint density at radius 3 is 2.20 bits per heavy atom. The van der Waals surface area contributed by atoms with Crippen LogP contribution >= 0.6 is 0 Å². The third kappa shape index (κ3) is 5.90. The lowest BCUT2D eigenvalue weighted by molar-refractivity contribution is -0.129. The maximum absolute atomic E-state index is 11.8. The fourth-order valence-corrected chi connectivity index (χ4v) is 1.60. The zero-order valence-electron chi connectivity index (χ0n) is 10.3. The van der Waals surface area contributed by atoms with Crippen molar-refractivity contribution in [3.63, 3.8) is 0 Å². The van der Waals surface area contributed by atoms with Gasteiger partial charge < -0.3 is 10.4 Å². The molecule has 0 radical (unpaired) electrons. The number of Topliss-reactive ketones (excluding diaryl/α,β-unsaturated/α-hetero) is 1. The van der Waals surface area contributed by atoms with Gasteiger partial charge in [-0.05, 0) is 25.8 Å². The van der Waals surface area contributed by atoms with Crippen molar-refractivity contribution in [3.8, 4) is 0 Å². The van der Waals surface area contributed by atoms with Crippen molar-refractivity contribution in [1.82, 2.24) is 5.32 Å². The van der Waals surface area contributed by atoms with Crippen molar-refractivity contribution in [2.24, 2.45) is 0 Å². The number of carbonyl (C=O) groups excluding carboxylic acids is 1. The Hall–Kier alpha value is -0.410. The average Bonchev–Trinajstić information content (AvgIpc) is 2.23. The molecule has 15 heavy (non-hydrogen) atoms. The molecular weight excluding hydrogens is 190 g/mol. The van der Waals surface area contributed by atoms with Crippen LogP contribution in [0, 0.1) is 0 Å². The molecule has 2 N–H and O–H groups in total. The van der Waals surface area contributed by atoms with Crippen LogP contribution in [-0.2, 0) is 4.79 Å². The van der Waals surface area contributed by atoms with Gasteiger partial charge in [-0.2, -0.15) is 0 Å². The highest BCUT2D eigenvalue weighted by atomic mass is 16.3.